The lowest BCUT2D eigenvalue weighted by Crippen LogP contribution is -2.17. The average Bonchev–Trinajstić information content (AvgIpc) is 3.38. The zero-order valence-electron chi connectivity index (χ0n) is 21.7. The van der Waals surface area contributed by atoms with Gasteiger partial charge < -0.3 is 0 Å². The number of rotatable bonds is 22. The predicted molar refractivity (Wildman–Crippen MR) is 140 cm³/mol. The minimum atomic E-state index is 0.872. The Kier molecular flexibility index (Phi) is 15.8. The summed E-state index contributed by atoms with van der Waals surface area (Å²) in [7, 11) is 0. The van der Waals surface area contributed by atoms with Crippen LogP contribution in [-0.2, 0) is 0 Å². The molecule has 31 heavy (non-hydrogen) atoms. The summed E-state index contributed by atoms with van der Waals surface area (Å²) in [5.74, 6) is 4.73. The van der Waals surface area contributed by atoms with Crippen molar-refractivity contribution in [1.29, 1.82) is 0 Å². The quantitative estimate of drug-likeness (QED) is 0.118. The molecule has 0 nitrogen and oxygen atoms in total. The van der Waals surface area contributed by atoms with E-state index in [-0.39, 0.29) is 0 Å². The fraction of sp³-hybridized carbons (Fsp3) is 0.903. The molecule has 2 rings (SSSR count). The SMILES string of the molecule is CCCCCCCCCCCC[C]1C2C=CC(C2)C1CCCCCCCCCCCC. The first-order valence-electron chi connectivity index (χ1n) is 14.9. The molecule has 3 unspecified atom stereocenters. The highest BCUT2D eigenvalue weighted by molar-refractivity contribution is 5.25. The summed E-state index contributed by atoms with van der Waals surface area (Å²) in [4.78, 5) is 0. The molecule has 1 fully saturated rings. The highest BCUT2D eigenvalue weighted by atomic mass is 14.5. The fourth-order valence-electron chi connectivity index (χ4n) is 6.29. The normalized spacial score (nSPS) is 22.7. The van der Waals surface area contributed by atoms with Crippen LogP contribution >= 0.6 is 0 Å². The van der Waals surface area contributed by atoms with E-state index in [1.165, 1.54) is 148 Å². The fourth-order valence-corrected chi connectivity index (χ4v) is 6.29. The van der Waals surface area contributed by atoms with Gasteiger partial charge in [0.1, 0.15) is 0 Å². The number of hydrogen-bond donors (Lipinski definition) is 0. The van der Waals surface area contributed by atoms with E-state index in [1.54, 1.807) is 0 Å². The third kappa shape index (κ3) is 11.4. The van der Waals surface area contributed by atoms with E-state index in [4.69, 9.17) is 0 Å². The van der Waals surface area contributed by atoms with Gasteiger partial charge in [0, 0.05) is 0 Å². The summed E-state index contributed by atoms with van der Waals surface area (Å²) in [6, 6.07) is 0. The van der Waals surface area contributed by atoms with Crippen molar-refractivity contribution in [1.82, 2.24) is 0 Å². The average molecular weight is 430 g/mol. The standard InChI is InChI=1S/C31H57/c1-3-5-7-9-11-13-15-17-19-21-23-30-28-25-26-29(27-28)31(30)24-22-20-18-16-14-12-10-8-6-4-2/h25-26,28-30H,3-24,27H2,1-2H3. The minimum absolute atomic E-state index is 0.872. The third-order valence-electron chi connectivity index (χ3n) is 8.27. The molecule has 0 aromatic rings. The van der Waals surface area contributed by atoms with Gasteiger partial charge in [0.15, 0.2) is 0 Å². The van der Waals surface area contributed by atoms with Crippen molar-refractivity contribution >= 4 is 0 Å². The van der Waals surface area contributed by atoms with Gasteiger partial charge in [-0.15, -0.1) is 0 Å². The van der Waals surface area contributed by atoms with Crippen LogP contribution in [0, 0.1) is 23.7 Å². The second kappa shape index (κ2) is 18.2. The zero-order chi connectivity index (χ0) is 22.0. The summed E-state index contributed by atoms with van der Waals surface area (Å²) in [5, 5.41) is 0. The summed E-state index contributed by atoms with van der Waals surface area (Å²) in [6.07, 6.45) is 38.8. The summed E-state index contributed by atoms with van der Waals surface area (Å²) < 4.78 is 0. The maximum atomic E-state index is 2.58. The van der Waals surface area contributed by atoms with Crippen molar-refractivity contribution < 1.29 is 0 Å². The summed E-state index contributed by atoms with van der Waals surface area (Å²) in [5.41, 5.74) is 0. The van der Waals surface area contributed by atoms with Crippen molar-refractivity contribution in [2.24, 2.45) is 17.8 Å². The number of allylic oxidation sites excluding steroid dienone is 2. The lowest BCUT2D eigenvalue weighted by Gasteiger charge is -2.27. The second-order valence-corrected chi connectivity index (χ2v) is 11.0. The Hall–Kier alpha value is -0.260. The Bertz CT molecular complexity index is 384. The molecular formula is C31H57. The van der Waals surface area contributed by atoms with Gasteiger partial charge in [-0.1, -0.05) is 154 Å². The Balaban J connectivity index is 1.46. The molecule has 0 saturated heterocycles. The first-order valence-corrected chi connectivity index (χ1v) is 14.9. The van der Waals surface area contributed by atoms with E-state index >= 15 is 0 Å². The Morgan fingerprint density at radius 3 is 1.52 bits per heavy atom. The van der Waals surface area contributed by atoms with Gasteiger partial charge in [-0.25, -0.2) is 0 Å². The van der Waals surface area contributed by atoms with Crippen LogP contribution in [0.1, 0.15) is 162 Å². The molecule has 0 aromatic heterocycles. The first-order chi connectivity index (χ1) is 15.4. The van der Waals surface area contributed by atoms with Gasteiger partial charge in [-0.05, 0) is 42.9 Å². The molecule has 0 aromatic carbocycles. The molecule has 3 atom stereocenters. The lowest BCUT2D eigenvalue weighted by molar-refractivity contribution is 0.395. The maximum Gasteiger partial charge on any atom is -0.0136 e. The Labute approximate surface area is 197 Å². The van der Waals surface area contributed by atoms with E-state index in [2.05, 4.69) is 26.0 Å². The number of hydrogen-bond acceptors (Lipinski definition) is 0. The van der Waals surface area contributed by atoms with Crippen LogP contribution in [-0.4, -0.2) is 0 Å². The molecule has 1 saturated carbocycles. The lowest BCUT2D eigenvalue weighted by atomic mass is 9.77. The van der Waals surface area contributed by atoms with E-state index in [0.29, 0.717) is 0 Å². The Morgan fingerprint density at radius 2 is 1.00 bits per heavy atom. The van der Waals surface area contributed by atoms with Crippen LogP contribution in [0.15, 0.2) is 12.2 Å². The van der Waals surface area contributed by atoms with Gasteiger partial charge in [0.2, 0.25) is 0 Å². The van der Waals surface area contributed by atoms with E-state index in [0.717, 1.165) is 17.8 Å². The van der Waals surface area contributed by atoms with Crippen LogP contribution in [0.3, 0.4) is 0 Å². The smallest absolute Gasteiger partial charge is 0.0136 e. The zero-order valence-corrected chi connectivity index (χ0v) is 21.7. The van der Waals surface area contributed by atoms with Crippen LogP contribution in [0.2, 0.25) is 0 Å². The molecule has 2 aliphatic rings. The Morgan fingerprint density at radius 1 is 0.548 bits per heavy atom. The molecular weight excluding hydrogens is 372 g/mol. The highest BCUT2D eigenvalue weighted by Crippen LogP contribution is 2.53. The van der Waals surface area contributed by atoms with Gasteiger partial charge in [-0.3, -0.25) is 0 Å². The van der Waals surface area contributed by atoms with Crippen LogP contribution in [0.25, 0.3) is 0 Å². The summed E-state index contributed by atoms with van der Waals surface area (Å²) in [6.45, 7) is 4.62. The number of fused-ring (bicyclic) bond motifs is 2. The number of unbranched alkanes of at least 4 members (excludes halogenated alkanes) is 18. The van der Waals surface area contributed by atoms with Crippen molar-refractivity contribution in [3.05, 3.63) is 18.1 Å². The largest absolute Gasteiger partial charge is 0.0848 e. The molecule has 0 N–H and O–H groups in total. The van der Waals surface area contributed by atoms with E-state index in [9.17, 15) is 0 Å². The third-order valence-corrected chi connectivity index (χ3v) is 8.27. The van der Waals surface area contributed by atoms with Crippen molar-refractivity contribution in [3.63, 3.8) is 0 Å². The molecule has 0 spiro atoms. The van der Waals surface area contributed by atoms with Crippen molar-refractivity contribution in [2.45, 2.75) is 162 Å². The van der Waals surface area contributed by atoms with Gasteiger partial charge in [0.25, 0.3) is 0 Å². The topological polar surface area (TPSA) is 0 Å². The molecule has 2 aliphatic carbocycles. The monoisotopic (exact) mass is 429 g/mol. The predicted octanol–water partition coefficient (Wildman–Crippen LogP) is 11.0. The summed E-state index contributed by atoms with van der Waals surface area (Å²) >= 11 is 0. The van der Waals surface area contributed by atoms with E-state index < -0.39 is 0 Å². The molecule has 2 bridgehead atoms. The molecule has 0 heterocycles. The maximum absolute atomic E-state index is 2.58. The molecule has 0 heteroatoms. The van der Waals surface area contributed by atoms with Crippen LogP contribution < -0.4 is 0 Å². The van der Waals surface area contributed by atoms with Gasteiger partial charge in [-0.2, -0.15) is 0 Å². The second-order valence-electron chi connectivity index (χ2n) is 11.0. The molecule has 181 valence electrons. The minimum Gasteiger partial charge on any atom is -0.0848 e. The molecule has 1 radical (unpaired) electrons. The highest BCUT2D eigenvalue weighted by Gasteiger charge is 2.43. The molecule has 0 aliphatic heterocycles. The van der Waals surface area contributed by atoms with Crippen molar-refractivity contribution in [2.75, 3.05) is 0 Å². The van der Waals surface area contributed by atoms with Crippen molar-refractivity contribution in [3.8, 4) is 0 Å². The van der Waals surface area contributed by atoms with Gasteiger partial charge in [0.05, 0.1) is 0 Å². The van der Waals surface area contributed by atoms with Crippen LogP contribution in [0.5, 0.6) is 0 Å². The first kappa shape index (κ1) is 27.0. The molecule has 0 amide bonds. The van der Waals surface area contributed by atoms with Gasteiger partial charge >= 0.3 is 0 Å². The van der Waals surface area contributed by atoms with Crippen LogP contribution in [0.4, 0.5) is 0 Å². The van der Waals surface area contributed by atoms with E-state index in [1.807, 2.05) is 5.92 Å².